The summed E-state index contributed by atoms with van der Waals surface area (Å²) < 4.78 is 7.00. The molecule has 5 heteroatoms. The number of ether oxygens (including phenoxy) is 1. The lowest BCUT2D eigenvalue weighted by Gasteiger charge is -2.16. The Kier molecular flexibility index (Phi) is 4.98. The van der Waals surface area contributed by atoms with E-state index in [9.17, 15) is 4.79 Å². The van der Waals surface area contributed by atoms with Gasteiger partial charge in [0.05, 0.1) is 18.3 Å². The minimum atomic E-state index is -0.100. The van der Waals surface area contributed by atoms with E-state index in [1.54, 1.807) is 7.11 Å². The minimum Gasteiger partial charge on any atom is -0.380 e. The van der Waals surface area contributed by atoms with Gasteiger partial charge in [-0.25, -0.2) is 0 Å². The van der Waals surface area contributed by atoms with Crippen molar-refractivity contribution in [3.63, 3.8) is 0 Å². The third-order valence-electron chi connectivity index (χ3n) is 3.91. The number of hydrogen-bond donors (Lipinski definition) is 1. The van der Waals surface area contributed by atoms with Crippen LogP contribution in [0.1, 0.15) is 45.8 Å². The van der Waals surface area contributed by atoms with Gasteiger partial charge in [-0.3, -0.25) is 9.48 Å². The van der Waals surface area contributed by atoms with Crippen LogP contribution in [-0.4, -0.2) is 22.8 Å². The van der Waals surface area contributed by atoms with Gasteiger partial charge >= 0.3 is 0 Å². The van der Waals surface area contributed by atoms with Gasteiger partial charge in [0.15, 0.2) is 0 Å². The van der Waals surface area contributed by atoms with Crippen molar-refractivity contribution in [3.8, 4) is 0 Å². The molecule has 0 fully saturated rings. The van der Waals surface area contributed by atoms with Crippen molar-refractivity contribution in [2.24, 2.45) is 7.05 Å². The van der Waals surface area contributed by atoms with Gasteiger partial charge in [0.2, 0.25) is 0 Å². The van der Waals surface area contributed by atoms with Crippen LogP contribution in [0.15, 0.2) is 24.3 Å². The number of methoxy groups -OCH3 is 1. The number of aryl methyl sites for hydroxylation is 2. The standard InChI is InChI=1S/C17H23N3O2/c1-11(16-12(2)19-20(4)13(16)3)18-17(21)15-9-7-6-8-14(15)10-22-5/h6-9,11H,10H2,1-5H3,(H,18,21)/t11-/m0/s1. The first-order chi connectivity index (χ1) is 10.5. The minimum absolute atomic E-state index is 0.0946. The fourth-order valence-corrected chi connectivity index (χ4v) is 2.79. The maximum absolute atomic E-state index is 12.6. The van der Waals surface area contributed by atoms with Crippen LogP contribution in [0.5, 0.6) is 0 Å². The van der Waals surface area contributed by atoms with Crippen molar-refractivity contribution >= 4 is 5.91 Å². The zero-order chi connectivity index (χ0) is 16.3. The second kappa shape index (κ2) is 6.75. The highest BCUT2D eigenvalue weighted by molar-refractivity contribution is 5.95. The average molecular weight is 301 g/mol. The molecule has 2 rings (SSSR count). The summed E-state index contributed by atoms with van der Waals surface area (Å²) in [7, 11) is 3.54. The van der Waals surface area contributed by atoms with Crippen molar-refractivity contribution in [3.05, 3.63) is 52.3 Å². The SMILES string of the molecule is COCc1ccccc1C(=O)N[C@@H](C)c1c(C)nn(C)c1C. The summed E-state index contributed by atoms with van der Waals surface area (Å²) in [5.74, 6) is -0.0946. The zero-order valence-corrected chi connectivity index (χ0v) is 13.8. The van der Waals surface area contributed by atoms with Crippen LogP contribution in [-0.2, 0) is 18.4 Å². The molecule has 0 aliphatic carbocycles. The molecule has 22 heavy (non-hydrogen) atoms. The first kappa shape index (κ1) is 16.2. The molecule has 0 aliphatic rings. The van der Waals surface area contributed by atoms with E-state index in [4.69, 9.17) is 4.74 Å². The van der Waals surface area contributed by atoms with Crippen LogP contribution in [0.2, 0.25) is 0 Å². The first-order valence-corrected chi connectivity index (χ1v) is 7.33. The summed E-state index contributed by atoms with van der Waals surface area (Å²) in [4.78, 5) is 12.6. The molecule has 0 saturated heterocycles. The molecule has 118 valence electrons. The Morgan fingerprint density at radius 3 is 2.64 bits per heavy atom. The van der Waals surface area contributed by atoms with Crippen LogP contribution in [0.4, 0.5) is 0 Å². The quantitative estimate of drug-likeness (QED) is 0.923. The molecule has 2 aromatic rings. The van der Waals surface area contributed by atoms with Gasteiger partial charge in [0.1, 0.15) is 0 Å². The Bertz CT molecular complexity index is 677. The Balaban J connectivity index is 2.22. The predicted molar refractivity (Wildman–Crippen MR) is 85.7 cm³/mol. The summed E-state index contributed by atoms with van der Waals surface area (Å²) in [6, 6.07) is 7.39. The maximum Gasteiger partial charge on any atom is 0.252 e. The molecule has 1 atom stereocenters. The van der Waals surface area contributed by atoms with Crippen molar-refractivity contribution < 1.29 is 9.53 Å². The fraction of sp³-hybridized carbons (Fsp3) is 0.412. The van der Waals surface area contributed by atoms with Crippen LogP contribution in [0, 0.1) is 13.8 Å². The van der Waals surface area contributed by atoms with Gasteiger partial charge in [0, 0.05) is 31.0 Å². The number of rotatable bonds is 5. The molecule has 0 radical (unpaired) electrons. The van der Waals surface area contributed by atoms with Gasteiger partial charge in [-0.2, -0.15) is 5.10 Å². The van der Waals surface area contributed by atoms with E-state index in [0.717, 1.165) is 22.5 Å². The first-order valence-electron chi connectivity index (χ1n) is 7.33. The van der Waals surface area contributed by atoms with E-state index in [1.807, 2.05) is 56.8 Å². The molecule has 1 aromatic carbocycles. The Hall–Kier alpha value is -2.14. The molecule has 1 N–H and O–H groups in total. The largest absolute Gasteiger partial charge is 0.380 e. The van der Waals surface area contributed by atoms with Gasteiger partial charge in [-0.1, -0.05) is 18.2 Å². The second-order valence-electron chi connectivity index (χ2n) is 5.49. The molecule has 0 saturated carbocycles. The van der Waals surface area contributed by atoms with Gasteiger partial charge in [-0.05, 0) is 32.4 Å². The van der Waals surface area contributed by atoms with Crippen molar-refractivity contribution in [1.82, 2.24) is 15.1 Å². The molecule has 0 spiro atoms. The van der Waals surface area contributed by atoms with Crippen molar-refractivity contribution in [2.75, 3.05) is 7.11 Å². The van der Waals surface area contributed by atoms with Crippen LogP contribution in [0.3, 0.4) is 0 Å². The molecule has 5 nitrogen and oxygen atoms in total. The van der Waals surface area contributed by atoms with E-state index in [0.29, 0.717) is 12.2 Å². The van der Waals surface area contributed by atoms with Crippen LogP contribution < -0.4 is 5.32 Å². The lowest BCUT2D eigenvalue weighted by atomic mass is 10.0. The number of nitrogens with zero attached hydrogens (tertiary/aromatic N) is 2. The third-order valence-corrected chi connectivity index (χ3v) is 3.91. The fourth-order valence-electron chi connectivity index (χ4n) is 2.79. The van der Waals surface area contributed by atoms with Crippen LogP contribution in [0.25, 0.3) is 0 Å². The van der Waals surface area contributed by atoms with Crippen molar-refractivity contribution in [2.45, 2.75) is 33.4 Å². The average Bonchev–Trinajstić information content (AvgIpc) is 2.73. The number of aromatic nitrogens is 2. The topological polar surface area (TPSA) is 56.1 Å². The number of carbonyl (C=O) groups is 1. The lowest BCUT2D eigenvalue weighted by Crippen LogP contribution is -2.28. The van der Waals surface area contributed by atoms with Gasteiger partial charge < -0.3 is 10.1 Å². The highest BCUT2D eigenvalue weighted by Gasteiger charge is 2.19. The maximum atomic E-state index is 12.6. The molecule has 1 amide bonds. The Morgan fingerprint density at radius 2 is 2.05 bits per heavy atom. The Labute approximate surface area is 131 Å². The number of nitrogens with one attached hydrogen (secondary N) is 1. The number of benzene rings is 1. The lowest BCUT2D eigenvalue weighted by molar-refractivity contribution is 0.0935. The van der Waals surface area contributed by atoms with Gasteiger partial charge in [0.25, 0.3) is 5.91 Å². The summed E-state index contributed by atoms with van der Waals surface area (Å²) in [5, 5.41) is 7.46. The highest BCUT2D eigenvalue weighted by Crippen LogP contribution is 2.21. The molecule has 0 aliphatic heterocycles. The number of carbonyl (C=O) groups excluding carboxylic acids is 1. The van der Waals surface area contributed by atoms with Crippen molar-refractivity contribution in [1.29, 1.82) is 0 Å². The van der Waals surface area contributed by atoms with Crippen LogP contribution >= 0.6 is 0 Å². The molecular formula is C17H23N3O2. The number of amides is 1. The second-order valence-corrected chi connectivity index (χ2v) is 5.49. The molecule has 1 heterocycles. The van der Waals surface area contributed by atoms with Gasteiger partial charge in [-0.15, -0.1) is 0 Å². The van der Waals surface area contributed by atoms with E-state index in [-0.39, 0.29) is 11.9 Å². The van der Waals surface area contributed by atoms with E-state index >= 15 is 0 Å². The number of hydrogen-bond acceptors (Lipinski definition) is 3. The normalized spacial score (nSPS) is 12.2. The Morgan fingerprint density at radius 1 is 1.36 bits per heavy atom. The third kappa shape index (κ3) is 3.20. The summed E-state index contributed by atoms with van der Waals surface area (Å²) in [6.45, 7) is 6.37. The summed E-state index contributed by atoms with van der Waals surface area (Å²) >= 11 is 0. The zero-order valence-electron chi connectivity index (χ0n) is 13.8. The highest BCUT2D eigenvalue weighted by atomic mass is 16.5. The molecular weight excluding hydrogens is 278 g/mol. The summed E-state index contributed by atoms with van der Waals surface area (Å²) in [6.07, 6.45) is 0. The molecule has 0 unspecified atom stereocenters. The van der Waals surface area contributed by atoms with E-state index < -0.39 is 0 Å². The smallest absolute Gasteiger partial charge is 0.252 e. The molecule has 1 aromatic heterocycles. The van der Waals surface area contributed by atoms with E-state index in [1.165, 1.54) is 0 Å². The molecule has 0 bridgehead atoms. The predicted octanol–water partition coefficient (Wildman–Crippen LogP) is 2.67. The monoisotopic (exact) mass is 301 g/mol. The summed E-state index contributed by atoms with van der Waals surface area (Å²) in [5.41, 5.74) is 4.61. The van der Waals surface area contributed by atoms with E-state index in [2.05, 4.69) is 10.4 Å².